The molecule has 0 aromatic carbocycles. The monoisotopic (exact) mass is 268 g/mol. The third-order valence-electron chi connectivity index (χ3n) is 3.36. The van der Waals surface area contributed by atoms with E-state index in [1.807, 2.05) is 13.8 Å². The van der Waals surface area contributed by atoms with Gasteiger partial charge in [0.2, 0.25) is 5.76 Å². The zero-order chi connectivity index (χ0) is 14.0. The normalized spacial score (nSPS) is 27.4. The van der Waals surface area contributed by atoms with Crippen LogP contribution >= 0.6 is 0 Å². The lowest BCUT2D eigenvalue weighted by molar-refractivity contribution is -0.106. The van der Waals surface area contributed by atoms with Crippen molar-refractivity contribution >= 4 is 5.97 Å². The lowest BCUT2D eigenvalue weighted by Gasteiger charge is -2.31. The Bertz CT molecular complexity index is 441. The molecule has 5 nitrogen and oxygen atoms in total. The van der Waals surface area contributed by atoms with Crippen LogP contribution in [0.4, 0.5) is 0 Å². The topological polar surface area (TPSA) is 68.9 Å². The Balaban J connectivity index is 1.93. The molecule has 2 atom stereocenters. The lowest BCUT2D eigenvalue weighted by atomic mass is 10.0. The smallest absolute Gasteiger partial charge is 0.371 e. The average molecular weight is 268 g/mol. The molecule has 19 heavy (non-hydrogen) atoms. The molecule has 2 unspecified atom stereocenters. The van der Waals surface area contributed by atoms with Gasteiger partial charge in [-0.1, -0.05) is 0 Å². The van der Waals surface area contributed by atoms with E-state index in [2.05, 4.69) is 0 Å². The molecule has 1 aromatic heterocycles. The predicted molar refractivity (Wildman–Crippen MR) is 68.2 cm³/mol. The average Bonchev–Trinajstić information content (AvgIpc) is 2.67. The number of carbonyl (C=O) groups is 1. The summed E-state index contributed by atoms with van der Waals surface area (Å²) < 4.78 is 16.7. The zero-order valence-corrected chi connectivity index (χ0v) is 11.5. The van der Waals surface area contributed by atoms with Crippen molar-refractivity contribution < 1.29 is 23.8 Å². The number of aromatic carboxylic acids is 1. The van der Waals surface area contributed by atoms with Gasteiger partial charge < -0.3 is 19.0 Å². The van der Waals surface area contributed by atoms with Gasteiger partial charge in [0.25, 0.3) is 0 Å². The summed E-state index contributed by atoms with van der Waals surface area (Å²) >= 11 is 0. The second-order valence-electron chi connectivity index (χ2n) is 5.16. The maximum Gasteiger partial charge on any atom is 0.371 e. The van der Waals surface area contributed by atoms with E-state index in [1.54, 1.807) is 6.92 Å². The molecule has 1 saturated heterocycles. The van der Waals surface area contributed by atoms with Gasteiger partial charge in [0, 0.05) is 5.56 Å². The molecule has 2 heterocycles. The van der Waals surface area contributed by atoms with Crippen LogP contribution in [0.2, 0.25) is 0 Å². The Morgan fingerprint density at radius 1 is 1.42 bits per heavy atom. The van der Waals surface area contributed by atoms with Gasteiger partial charge in [-0.3, -0.25) is 0 Å². The third kappa shape index (κ3) is 3.58. The molecule has 0 amide bonds. The molecule has 0 radical (unpaired) electrons. The van der Waals surface area contributed by atoms with Gasteiger partial charge in [-0.15, -0.1) is 0 Å². The SMILES string of the molecule is Cc1oc(C(=O)O)cc1COC1CC(C)OC(C)C1. The van der Waals surface area contributed by atoms with E-state index in [1.165, 1.54) is 6.07 Å². The van der Waals surface area contributed by atoms with Crippen LogP contribution in [-0.4, -0.2) is 29.4 Å². The van der Waals surface area contributed by atoms with E-state index in [9.17, 15) is 4.79 Å². The molecule has 1 fully saturated rings. The van der Waals surface area contributed by atoms with Crippen LogP contribution < -0.4 is 0 Å². The highest BCUT2D eigenvalue weighted by Crippen LogP contribution is 2.24. The van der Waals surface area contributed by atoms with Crippen molar-refractivity contribution in [2.45, 2.75) is 58.5 Å². The van der Waals surface area contributed by atoms with Gasteiger partial charge in [-0.2, -0.15) is 0 Å². The Morgan fingerprint density at radius 3 is 2.58 bits per heavy atom. The van der Waals surface area contributed by atoms with E-state index in [0.717, 1.165) is 18.4 Å². The summed E-state index contributed by atoms with van der Waals surface area (Å²) in [5.41, 5.74) is 0.796. The Kier molecular flexibility index (Phi) is 4.27. The summed E-state index contributed by atoms with van der Waals surface area (Å²) in [7, 11) is 0. The van der Waals surface area contributed by atoms with Crippen molar-refractivity contribution in [3.05, 3.63) is 23.2 Å². The van der Waals surface area contributed by atoms with E-state index < -0.39 is 5.97 Å². The molecule has 0 bridgehead atoms. The van der Waals surface area contributed by atoms with Gasteiger partial charge in [-0.05, 0) is 39.7 Å². The minimum absolute atomic E-state index is 0.0372. The van der Waals surface area contributed by atoms with E-state index in [-0.39, 0.29) is 24.1 Å². The highest BCUT2D eigenvalue weighted by Gasteiger charge is 2.25. The molecule has 1 N–H and O–H groups in total. The van der Waals surface area contributed by atoms with Crippen LogP contribution in [0.3, 0.4) is 0 Å². The van der Waals surface area contributed by atoms with Crippen LogP contribution in [0, 0.1) is 6.92 Å². The fourth-order valence-electron chi connectivity index (χ4n) is 2.46. The first-order valence-corrected chi connectivity index (χ1v) is 6.55. The summed E-state index contributed by atoms with van der Waals surface area (Å²) in [6.45, 7) is 6.21. The molecule has 1 aliphatic rings. The molecule has 2 rings (SSSR count). The minimum atomic E-state index is -1.05. The number of carboxylic acids is 1. The fraction of sp³-hybridized carbons (Fsp3) is 0.643. The van der Waals surface area contributed by atoms with Crippen molar-refractivity contribution in [1.82, 2.24) is 0 Å². The van der Waals surface area contributed by atoms with Crippen molar-refractivity contribution in [2.24, 2.45) is 0 Å². The van der Waals surface area contributed by atoms with Gasteiger partial charge in [0.15, 0.2) is 0 Å². The van der Waals surface area contributed by atoms with E-state index in [4.69, 9.17) is 19.0 Å². The summed E-state index contributed by atoms with van der Waals surface area (Å²) in [4.78, 5) is 10.8. The standard InChI is InChI=1S/C14H20O5/c1-8-4-12(5-9(2)18-8)17-7-11-6-13(14(15)16)19-10(11)3/h6,8-9,12H,4-5,7H2,1-3H3,(H,15,16). The van der Waals surface area contributed by atoms with Crippen molar-refractivity contribution in [3.8, 4) is 0 Å². The molecular formula is C14H20O5. The Labute approximate surface area is 112 Å². The molecule has 0 saturated carbocycles. The third-order valence-corrected chi connectivity index (χ3v) is 3.36. The van der Waals surface area contributed by atoms with Crippen molar-refractivity contribution in [3.63, 3.8) is 0 Å². The number of hydrogen-bond donors (Lipinski definition) is 1. The summed E-state index contributed by atoms with van der Waals surface area (Å²) in [6, 6.07) is 1.53. The predicted octanol–water partition coefficient (Wildman–Crippen LogP) is 2.76. The van der Waals surface area contributed by atoms with E-state index in [0.29, 0.717) is 12.4 Å². The number of rotatable bonds is 4. The lowest BCUT2D eigenvalue weighted by Crippen LogP contribution is -2.34. The molecule has 0 aliphatic carbocycles. The second-order valence-corrected chi connectivity index (χ2v) is 5.16. The maximum atomic E-state index is 10.8. The van der Waals surface area contributed by atoms with Crippen LogP contribution in [0.15, 0.2) is 10.5 Å². The number of aryl methyl sites for hydroxylation is 1. The first kappa shape index (κ1) is 14.1. The van der Waals surface area contributed by atoms with Crippen molar-refractivity contribution in [1.29, 1.82) is 0 Å². The number of furan rings is 1. The Hall–Kier alpha value is -1.33. The summed E-state index contributed by atoms with van der Waals surface area (Å²) in [5.74, 6) is -0.488. The molecule has 106 valence electrons. The quantitative estimate of drug-likeness (QED) is 0.909. The van der Waals surface area contributed by atoms with Crippen molar-refractivity contribution in [2.75, 3.05) is 0 Å². The molecular weight excluding hydrogens is 248 g/mol. The molecule has 0 spiro atoms. The second kappa shape index (κ2) is 5.75. The minimum Gasteiger partial charge on any atom is -0.475 e. The zero-order valence-electron chi connectivity index (χ0n) is 11.5. The number of hydrogen-bond acceptors (Lipinski definition) is 4. The van der Waals surface area contributed by atoms with Crippen LogP contribution in [0.1, 0.15) is 48.6 Å². The van der Waals surface area contributed by atoms with Gasteiger partial charge in [0.05, 0.1) is 24.9 Å². The van der Waals surface area contributed by atoms with Crippen LogP contribution in [-0.2, 0) is 16.1 Å². The molecule has 1 aromatic rings. The highest BCUT2D eigenvalue weighted by atomic mass is 16.5. The largest absolute Gasteiger partial charge is 0.475 e. The van der Waals surface area contributed by atoms with Crippen LogP contribution in [0.5, 0.6) is 0 Å². The molecule has 5 heteroatoms. The first-order valence-electron chi connectivity index (χ1n) is 6.55. The van der Waals surface area contributed by atoms with Gasteiger partial charge in [0.1, 0.15) is 5.76 Å². The van der Waals surface area contributed by atoms with Gasteiger partial charge >= 0.3 is 5.97 Å². The van der Waals surface area contributed by atoms with Gasteiger partial charge in [-0.25, -0.2) is 4.79 Å². The molecule has 1 aliphatic heterocycles. The maximum absolute atomic E-state index is 10.8. The first-order chi connectivity index (χ1) is 8.95. The Morgan fingerprint density at radius 2 is 2.05 bits per heavy atom. The van der Waals surface area contributed by atoms with E-state index >= 15 is 0 Å². The van der Waals surface area contributed by atoms with Crippen LogP contribution in [0.25, 0.3) is 0 Å². The fourth-order valence-corrected chi connectivity index (χ4v) is 2.46. The summed E-state index contributed by atoms with van der Waals surface area (Å²) in [5, 5.41) is 8.86. The number of ether oxygens (including phenoxy) is 2. The highest BCUT2D eigenvalue weighted by molar-refractivity contribution is 5.84. The summed E-state index contributed by atoms with van der Waals surface area (Å²) in [6.07, 6.45) is 2.30. The number of carboxylic acid groups (broad SMARTS) is 1.